The van der Waals surface area contributed by atoms with Gasteiger partial charge in [0.25, 0.3) is 11.6 Å². The Morgan fingerprint density at radius 3 is 2.64 bits per heavy atom. The number of aromatic nitrogens is 1. The molecule has 8 heteroatoms. The smallest absolute Gasteiger partial charge is 0.292 e. The van der Waals surface area contributed by atoms with E-state index in [-0.39, 0.29) is 17.3 Å². The number of amides is 1. The van der Waals surface area contributed by atoms with Crippen LogP contribution in [0.2, 0.25) is 0 Å². The van der Waals surface area contributed by atoms with Crippen molar-refractivity contribution >= 4 is 17.3 Å². The lowest BCUT2D eigenvalue weighted by molar-refractivity contribution is -0.383. The highest BCUT2D eigenvalue weighted by Crippen LogP contribution is 2.23. The second kappa shape index (κ2) is 7.27. The summed E-state index contributed by atoms with van der Waals surface area (Å²) in [6.07, 6.45) is 3.58. The quantitative estimate of drug-likeness (QED) is 0.513. The summed E-state index contributed by atoms with van der Waals surface area (Å²) in [5.41, 5.74) is 6.83. The zero-order valence-electron chi connectivity index (χ0n) is 13.7. The molecule has 1 aliphatic rings. The van der Waals surface area contributed by atoms with Crippen LogP contribution in [0.4, 0.5) is 11.4 Å². The summed E-state index contributed by atoms with van der Waals surface area (Å²) in [4.78, 5) is 31.1. The molecule has 130 valence electrons. The average molecular weight is 341 g/mol. The van der Waals surface area contributed by atoms with E-state index >= 15 is 0 Å². The van der Waals surface area contributed by atoms with Crippen LogP contribution in [0.15, 0.2) is 42.7 Å². The molecule has 0 radical (unpaired) electrons. The molecule has 1 aromatic heterocycles. The van der Waals surface area contributed by atoms with Gasteiger partial charge < -0.3 is 10.6 Å². The Balaban J connectivity index is 1.62. The molecule has 1 amide bonds. The lowest BCUT2D eigenvalue weighted by Crippen LogP contribution is -2.48. The van der Waals surface area contributed by atoms with Gasteiger partial charge in [-0.3, -0.25) is 24.8 Å². The molecule has 1 aliphatic heterocycles. The summed E-state index contributed by atoms with van der Waals surface area (Å²) in [5, 5.41) is 11.0. The third-order valence-electron chi connectivity index (χ3n) is 4.26. The van der Waals surface area contributed by atoms with Crippen molar-refractivity contribution in [1.82, 2.24) is 14.8 Å². The van der Waals surface area contributed by atoms with Gasteiger partial charge in [0, 0.05) is 56.7 Å². The van der Waals surface area contributed by atoms with Crippen LogP contribution in [0.5, 0.6) is 0 Å². The molecule has 25 heavy (non-hydrogen) atoms. The maximum atomic E-state index is 12.6. The lowest BCUT2D eigenvalue weighted by Gasteiger charge is -2.34. The highest BCUT2D eigenvalue weighted by molar-refractivity contribution is 5.95. The fraction of sp³-hybridized carbons (Fsp3) is 0.294. The lowest BCUT2D eigenvalue weighted by atomic mass is 10.1. The van der Waals surface area contributed by atoms with Gasteiger partial charge in [-0.05, 0) is 23.8 Å². The number of piperazine rings is 1. The van der Waals surface area contributed by atoms with Crippen LogP contribution in [0.3, 0.4) is 0 Å². The Morgan fingerprint density at radius 2 is 2.00 bits per heavy atom. The maximum Gasteiger partial charge on any atom is 0.292 e. The number of nitro benzene ring substituents is 1. The molecule has 0 saturated carbocycles. The van der Waals surface area contributed by atoms with E-state index in [1.165, 1.54) is 18.2 Å². The summed E-state index contributed by atoms with van der Waals surface area (Å²) in [6, 6.07) is 8.12. The number of rotatable bonds is 4. The van der Waals surface area contributed by atoms with Crippen molar-refractivity contribution in [1.29, 1.82) is 0 Å². The number of carbonyl (C=O) groups excluding carboxylic acids is 1. The number of hydrogen-bond donors (Lipinski definition) is 1. The fourth-order valence-corrected chi connectivity index (χ4v) is 2.88. The van der Waals surface area contributed by atoms with E-state index in [9.17, 15) is 14.9 Å². The van der Waals surface area contributed by atoms with E-state index in [0.717, 1.165) is 25.2 Å². The van der Waals surface area contributed by atoms with E-state index in [4.69, 9.17) is 5.73 Å². The SMILES string of the molecule is Nc1ccc(C(=O)N2CCN(Cc3cccnc3)CC2)cc1[N+](=O)[O-]. The van der Waals surface area contributed by atoms with Gasteiger partial charge in [0.2, 0.25) is 0 Å². The van der Waals surface area contributed by atoms with E-state index in [2.05, 4.69) is 9.88 Å². The molecule has 3 rings (SSSR count). The molecule has 0 bridgehead atoms. The first kappa shape index (κ1) is 16.8. The van der Waals surface area contributed by atoms with Crippen LogP contribution >= 0.6 is 0 Å². The standard InChI is InChI=1S/C17H19N5O3/c18-15-4-3-14(10-16(15)22(24)25)17(23)21-8-6-20(7-9-21)12-13-2-1-5-19-11-13/h1-5,10-11H,6-9,12,18H2. The van der Waals surface area contributed by atoms with Crippen LogP contribution in [-0.2, 0) is 6.54 Å². The van der Waals surface area contributed by atoms with E-state index in [1.807, 2.05) is 18.3 Å². The van der Waals surface area contributed by atoms with Crippen LogP contribution in [0.25, 0.3) is 0 Å². The molecule has 8 nitrogen and oxygen atoms in total. The number of nitrogens with two attached hydrogens (primary N) is 1. The minimum Gasteiger partial charge on any atom is -0.393 e. The van der Waals surface area contributed by atoms with Gasteiger partial charge >= 0.3 is 0 Å². The van der Waals surface area contributed by atoms with Crippen molar-refractivity contribution in [2.75, 3.05) is 31.9 Å². The first-order valence-electron chi connectivity index (χ1n) is 7.99. The molecule has 1 fully saturated rings. The first-order valence-corrected chi connectivity index (χ1v) is 7.99. The summed E-state index contributed by atoms with van der Waals surface area (Å²) < 4.78 is 0. The molecule has 2 aromatic rings. The zero-order chi connectivity index (χ0) is 17.8. The number of nitrogens with zero attached hydrogens (tertiary/aromatic N) is 4. The number of carbonyl (C=O) groups is 1. The molecule has 2 heterocycles. The second-order valence-corrected chi connectivity index (χ2v) is 5.96. The van der Waals surface area contributed by atoms with Crippen molar-refractivity contribution in [3.63, 3.8) is 0 Å². The van der Waals surface area contributed by atoms with Crippen molar-refractivity contribution in [2.24, 2.45) is 0 Å². The summed E-state index contributed by atoms with van der Waals surface area (Å²) in [5.74, 6) is -0.205. The third-order valence-corrected chi connectivity index (χ3v) is 4.26. The van der Waals surface area contributed by atoms with Gasteiger partial charge in [-0.25, -0.2) is 0 Å². The fourth-order valence-electron chi connectivity index (χ4n) is 2.88. The Labute approximate surface area is 145 Å². The van der Waals surface area contributed by atoms with E-state index in [0.29, 0.717) is 18.7 Å². The normalized spacial score (nSPS) is 15.1. The van der Waals surface area contributed by atoms with Gasteiger partial charge in [0.1, 0.15) is 5.69 Å². The van der Waals surface area contributed by atoms with Gasteiger partial charge in [-0.15, -0.1) is 0 Å². The molecular formula is C17H19N5O3. The Bertz CT molecular complexity index is 773. The predicted octanol–water partition coefficient (Wildman–Crippen LogP) is 1.53. The summed E-state index contributed by atoms with van der Waals surface area (Å²) in [6.45, 7) is 3.45. The molecule has 0 spiro atoms. The van der Waals surface area contributed by atoms with Crippen LogP contribution in [0.1, 0.15) is 15.9 Å². The minimum atomic E-state index is -0.571. The molecule has 0 atom stereocenters. The number of hydrogen-bond acceptors (Lipinski definition) is 6. The Hall–Kier alpha value is -3.00. The van der Waals surface area contributed by atoms with Gasteiger partial charge in [-0.1, -0.05) is 6.07 Å². The van der Waals surface area contributed by atoms with Crippen LogP contribution in [0, 0.1) is 10.1 Å². The van der Waals surface area contributed by atoms with E-state index in [1.54, 1.807) is 11.1 Å². The minimum absolute atomic E-state index is 0.0582. The van der Waals surface area contributed by atoms with Crippen molar-refractivity contribution < 1.29 is 9.72 Å². The number of nitro groups is 1. The monoisotopic (exact) mass is 341 g/mol. The number of pyridine rings is 1. The highest BCUT2D eigenvalue weighted by atomic mass is 16.6. The topological polar surface area (TPSA) is 106 Å². The zero-order valence-corrected chi connectivity index (χ0v) is 13.7. The van der Waals surface area contributed by atoms with Gasteiger partial charge in [-0.2, -0.15) is 0 Å². The predicted molar refractivity (Wildman–Crippen MR) is 92.9 cm³/mol. The van der Waals surface area contributed by atoms with Crippen molar-refractivity contribution in [2.45, 2.75) is 6.54 Å². The Kier molecular flexibility index (Phi) is 4.90. The van der Waals surface area contributed by atoms with E-state index < -0.39 is 4.92 Å². The second-order valence-electron chi connectivity index (χ2n) is 5.96. The number of anilines is 1. The third kappa shape index (κ3) is 3.92. The van der Waals surface area contributed by atoms with Crippen LogP contribution in [-0.4, -0.2) is 51.8 Å². The highest BCUT2D eigenvalue weighted by Gasteiger charge is 2.24. The number of nitrogen functional groups attached to an aromatic ring is 1. The largest absolute Gasteiger partial charge is 0.393 e. The average Bonchev–Trinajstić information content (AvgIpc) is 2.63. The van der Waals surface area contributed by atoms with Crippen LogP contribution < -0.4 is 5.73 Å². The van der Waals surface area contributed by atoms with Gasteiger partial charge in [0.15, 0.2) is 0 Å². The molecule has 0 unspecified atom stereocenters. The van der Waals surface area contributed by atoms with Crippen molar-refractivity contribution in [3.8, 4) is 0 Å². The molecule has 2 N–H and O–H groups in total. The molecule has 1 saturated heterocycles. The maximum absolute atomic E-state index is 12.6. The molecule has 0 aliphatic carbocycles. The Morgan fingerprint density at radius 1 is 1.24 bits per heavy atom. The first-order chi connectivity index (χ1) is 12.0. The van der Waals surface area contributed by atoms with Gasteiger partial charge in [0.05, 0.1) is 4.92 Å². The summed E-state index contributed by atoms with van der Waals surface area (Å²) >= 11 is 0. The van der Waals surface area contributed by atoms with Crippen molar-refractivity contribution in [3.05, 3.63) is 64.0 Å². The summed E-state index contributed by atoms with van der Waals surface area (Å²) in [7, 11) is 0. The number of benzene rings is 1. The molecular weight excluding hydrogens is 322 g/mol. The molecule has 1 aromatic carbocycles.